The van der Waals surface area contributed by atoms with Crippen molar-refractivity contribution in [3.05, 3.63) is 88.9 Å². The molecule has 2 N–H and O–H groups in total. The van der Waals surface area contributed by atoms with E-state index >= 15 is 0 Å². The van der Waals surface area contributed by atoms with E-state index in [4.69, 9.17) is 21.4 Å². The first-order chi connectivity index (χ1) is 17.5. The van der Waals surface area contributed by atoms with Crippen molar-refractivity contribution in [1.29, 1.82) is 0 Å². The Morgan fingerprint density at radius 1 is 1.03 bits per heavy atom. The summed E-state index contributed by atoms with van der Waals surface area (Å²) in [6, 6.07) is 19.6. The molecule has 3 aromatic rings. The second-order valence-electron chi connectivity index (χ2n) is 9.34. The number of benzene rings is 3. The lowest BCUT2D eigenvalue weighted by Gasteiger charge is -2.18. The summed E-state index contributed by atoms with van der Waals surface area (Å²) in [5.41, 5.74) is 0.981. The Kier molecular flexibility index (Phi) is 9.73. The summed E-state index contributed by atoms with van der Waals surface area (Å²) in [5.74, 6) is -0.420. The van der Waals surface area contributed by atoms with Gasteiger partial charge in [-0.15, -0.1) is 0 Å². The van der Waals surface area contributed by atoms with Crippen LogP contribution in [0.15, 0.2) is 82.6 Å². The molecule has 1 atom stereocenters. The molecule has 0 bridgehead atoms. The Labute approximate surface area is 223 Å². The van der Waals surface area contributed by atoms with Gasteiger partial charge in [0.1, 0.15) is 0 Å². The van der Waals surface area contributed by atoms with Crippen LogP contribution in [0, 0.1) is 5.41 Å². The lowest BCUT2D eigenvalue weighted by Crippen LogP contribution is -2.26. The van der Waals surface area contributed by atoms with Crippen molar-refractivity contribution in [2.45, 2.75) is 49.5 Å². The van der Waals surface area contributed by atoms with Gasteiger partial charge >= 0.3 is 5.97 Å². The Bertz CT molecular complexity index is 1310. The Morgan fingerprint density at radius 2 is 1.73 bits per heavy atom. The first-order valence-electron chi connectivity index (χ1n) is 12.0. The fourth-order valence-electron chi connectivity index (χ4n) is 3.31. The normalized spacial score (nSPS) is 12.7. The molecule has 0 amide bonds. The fourth-order valence-corrected chi connectivity index (χ4v) is 4.81. The minimum Gasteiger partial charge on any atom is -0.387 e. The third kappa shape index (κ3) is 7.79. The summed E-state index contributed by atoms with van der Waals surface area (Å²) in [5, 5.41) is 14.1. The summed E-state index contributed by atoms with van der Waals surface area (Å²) in [6.45, 7) is 6.32. The SMILES string of the molecule is CCC(C)(C)C(=O)OOc1cccc(S(=O)(=O)c2ccc(CCNC[C@H](O)c3cccc(Cl)c3)cc2)c1. The van der Waals surface area contributed by atoms with Crippen LogP contribution in [0.2, 0.25) is 5.02 Å². The van der Waals surface area contributed by atoms with E-state index in [0.29, 0.717) is 31.0 Å². The molecule has 3 aromatic carbocycles. The van der Waals surface area contributed by atoms with E-state index in [1.165, 1.54) is 24.3 Å². The highest BCUT2D eigenvalue weighted by atomic mass is 35.5. The van der Waals surface area contributed by atoms with Crippen LogP contribution in [0.1, 0.15) is 44.4 Å². The number of carbonyl (C=O) groups is 1. The van der Waals surface area contributed by atoms with Gasteiger partial charge in [0.15, 0.2) is 5.75 Å². The van der Waals surface area contributed by atoms with E-state index < -0.39 is 27.3 Å². The topological polar surface area (TPSA) is 102 Å². The van der Waals surface area contributed by atoms with E-state index in [1.54, 1.807) is 56.3 Å². The highest BCUT2D eigenvalue weighted by Crippen LogP contribution is 2.26. The predicted molar refractivity (Wildman–Crippen MR) is 142 cm³/mol. The molecule has 0 aliphatic heterocycles. The minimum atomic E-state index is -3.80. The number of hydrogen-bond donors (Lipinski definition) is 2. The molecular formula is C28H32ClNO6S. The lowest BCUT2D eigenvalue weighted by atomic mass is 9.91. The highest BCUT2D eigenvalue weighted by Gasteiger charge is 2.29. The molecule has 0 aliphatic carbocycles. The molecule has 7 nitrogen and oxygen atoms in total. The average molecular weight is 546 g/mol. The number of halogens is 1. The predicted octanol–water partition coefficient (Wildman–Crippen LogP) is 5.31. The molecule has 3 rings (SSSR count). The number of sulfone groups is 1. The van der Waals surface area contributed by atoms with Gasteiger partial charge in [0.2, 0.25) is 9.84 Å². The van der Waals surface area contributed by atoms with Crippen molar-refractivity contribution in [1.82, 2.24) is 5.32 Å². The molecule has 0 heterocycles. The summed E-state index contributed by atoms with van der Waals surface area (Å²) >= 11 is 5.97. The van der Waals surface area contributed by atoms with E-state index in [1.807, 2.05) is 13.0 Å². The van der Waals surface area contributed by atoms with Gasteiger partial charge in [-0.25, -0.2) is 18.1 Å². The summed E-state index contributed by atoms with van der Waals surface area (Å²) in [6.07, 6.45) is 0.555. The Morgan fingerprint density at radius 3 is 2.41 bits per heavy atom. The molecule has 0 fully saturated rings. The second kappa shape index (κ2) is 12.6. The van der Waals surface area contributed by atoms with Crippen molar-refractivity contribution in [3.8, 4) is 5.75 Å². The van der Waals surface area contributed by atoms with Gasteiger partial charge < -0.3 is 10.4 Å². The summed E-state index contributed by atoms with van der Waals surface area (Å²) in [4.78, 5) is 22.3. The van der Waals surface area contributed by atoms with Crippen molar-refractivity contribution in [2.24, 2.45) is 5.41 Å². The highest BCUT2D eigenvalue weighted by molar-refractivity contribution is 7.91. The van der Waals surface area contributed by atoms with Gasteiger partial charge in [-0.1, -0.05) is 48.9 Å². The van der Waals surface area contributed by atoms with Crippen LogP contribution in [0.4, 0.5) is 0 Å². The smallest absolute Gasteiger partial charge is 0.360 e. The molecule has 9 heteroatoms. The maximum absolute atomic E-state index is 13.1. The van der Waals surface area contributed by atoms with Crippen LogP contribution in [-0.4, -0.2) is 32.6 Å². The molecule has 0 saturated heterocycles. The van der Waals surface area contributed by atoms with E-state index in [9.17, 15) is 18.3 Å². The molecule has 0 saturated carbocycles. The van der Waals surface area contributed by atoms with Gasteiger partial charge in [0.05, 0.1) is 21.3 Å². The third-order valence-electron chi connectivity index (χ3n) is 6.16. The van der Waals surface area contributed by atoms with E-state index in [-0.39, 0.29) is 15.5 Å². The van der Waals surface area contributed by atoms with Gasteiger partial charge in [-0.3, -0.25) is 4.89 Å². The van der Waals surface area contributed by atoms with Crippen molar-refractivity contribution < 1.29 is 28.1 Å². The molecule has 0 aromatic heterocycles. The fraction of sp³-hybridized carbons (Fsp3) is 0.321. The van der Waals surface area contributed by atoms with Gasteiger partial charge in [-0.2, -0.15) is 0 Å². The van der Waals surface area contributed by atoms with Crippen LogP contribution < -0.4 is 10.2 Å². The largest absolute Gasteiger partial charge is 0.387 e. The average Bonchev–Trinajstić information content (AvgIpc) is 2.90. The number of nitrogens with one attached hydrogen (secondary N) is 1. The monoisotopic (exact) mass is 545 g/mol. The number of carbonyl (C=O) groups excluding carboxylic acids is 1. The Balaban J connectivity index is 1.56. The van der Waals surface area contributed by atoms with Crippen LogP contribution in [0.25, 0.3) is 0 Å². The van der Waals surface area contributed by atoms with E-state index in [0.717, 1.165) is 11.1 Å². The molecule has 37 heavy (non-hydrogen) atoms. The Hall–Kier alpha value is -2.91. The van der Waals surface area contributed by atoms with Crippen LogP contribution in [-0.2, 0) is 25.9 Å². The van der Waals surface area contributed by atoms with Crippen LogP contribution in [0.3, 0.4) is 0 Å². The van der Waals surface area contributed by atoms with Crippen LogP contribution >= 0.6 is 11.6 Å². The summed E-state index contributed by atoms with van der Waals surface area (Å²) < 4.78 is 26.2. The molecule has 0 unspecified atom stereocenters. The van der Waals surface area contributed by atoms with Crippen LogP contribution in [0.5, 0.6) is 5.75 Å². The first-order valence-corrected chi connectivity index (χ1v) is 13.9. The van der Waals surface area contributed by atoms with Crippen molar-refractivity contribution in [3.63, 3.8) is 0 Å². The zero-order valence-corrected chi connectivity index (χ0v) is 22.7. The molecule has 0 radical (unpaired) electrons. The minimum absolute atomic E-state index is 0.0280. The van der Waals surface area contributed by atoms with Gasteiger partial charge in [-0.05, 0) is 80.8 Å². The molecular weight excluding hydrogens is 514 g/mol. The number of hydrogen-bond acceptors (Lipinski definition) is 7. The van der Waals surface area contributed by atoms with Gasteiger partial charge in [0, 0.05) is 17.6 Å². The number of aliphatic hydroxyl groups is 1. The first kappa shape index (κ1) is 28.7. The second-order valence-corrected chi connectivity index (χ2v) is 11.7. The maximum atomic E-state index is 13.1. The zero-order chi connectivity index (χ0) is 27.1. The molecule has 0 aliphatic rings. The third-order valence-corrected chi connectivity index (χ3v) is 8.16. The van der Waals surface area contributed by atoms with Crippen molar-refractivity contribution >= 4 is 27.4 Å². The molecule has 198 valence electrons. The number of aliphatic hydroxyl groups excluding tert-OH is 1. The quantitative estimate of drug-likeness (QED) is 0.180. The molecule has 0 spiro atoms. The number of rotatable bonds is 12. The standard InChI is InChI=1S/C28H32ClNO6S/c1-4-28(2,3)27(32)36-35-23-9-6-10-25(18-23)37(33,34)24-13-11-20(12-14-24)15-16-30-19-26(31)21-7-5-8-22(29)17-21/h5-14,17-18,26,30-31H,4,15-16,19H2,1-3H3/t26-/m0/s1. The zero-order valence-electron chi connectivity index (χ0n) is 21.1. The summed E-state index contributed by atoms with van der Waals surface area (Å²) in [7, 11) is -3.80. The van der Waals surface area contributed by atoms with Gasteiger partial charge in [0.25, 0.3) is 0 Å². The lowest BCUT2D eigenvalue weighted by molar-refractivity contribution is -0.224. The van der Waals surface area contributed by atoms with E-state index in [2.05, 4.69) is 5.32 Å². The maximum Gasteiger partial charge on any atom is 0.360 e. The van der Waals surface area contributed by atoms with Crippen molar-refractivity contribution in [2.75, 3.05) is 13.1 Å².